The van der Waals surface area contributed by atoms with Crippen LogP contribution in [0.5, 0.6) is 0 Å². The maximum absolute atomic E-state index is 6.17. The van der Waals surface area contributed by atoms with Gasteiger partial charge in [0.05, 0.1) is 12.1 Å². The number of benzene rings is 4. The van der Waals surface area contributed by atoms with Crippen LogP contribution in [0.1, 0.15) is 11.6 Å². The highest BCUT2D eigenvalue weighted by atomic mass is 16.3. The molecule has 0 spiro atoms. The van der Waals surface area contributed by atoms with Gasteiger partial charge in [-0.2, -0.15) is 0 Å². The summed E-state index contributed by atoms with van der Waals surface area (Å²) in [5, 5.41) is 11.8. The monoisotopic (exact) mass is 452 g/mol. The van der Waals surface area contributed by atoms with Crippen molar-refractivity contribution < 1.29 is 4.42 Å². The van der Waals surface area contributed by atoms with Crippen molar-refractivity contribution in [3.05, 3.63) is 133 Å². The van der Waals surface area contributed by atoms with Gasteiger partial charge in [0.15, 0.2) is 0 Å². The first-order chi connectivity index (χ1) is 17.3. The molecule has 4 aromatic carbocycles. The van der Waals surface area contributed by atoms with Crippen LogP contribution in [-0.2, 0) is 0 Å². The van der Waals surface area contributed by atoms with E-state index in [1.807, 2.05) is 12.3 Å². The molecule has 3 heterocycles. The van der Waals surface area contributed by atoms with Crippen molar-refractivity contribution in [3.63, 3.8) is 0 Å². The summed E-state index contributed by atoms with van der Waals surface area (Å²) in [6.45, 7) is 0. The van der Waals surface area contributed by atoms with Crippen LogP contribution in [0.15, 0.2) is 132 Å². The molecular formula is C32H24N2O. The quantitative estimate of drug-likeness (QED) is 0.297. The van der Waals surface area contributed by atoms with Crippen molar-refractivity contribution in [2.75, 3.05) is 0 Å². The predicted octanol–water partition coefficient (Wildman–Crippen LogP) is 7.53. The average Bonchev–Trinajstić information content (AvgIpc) is 3.29. The molecule has 0 saturated carbocycles. The molecule has 5 aromatic rings. The first-order valence-corrected chi connectivity index (χ1v) is 12.0. The zero-order valence-corrected chi connectivity index (χ0v) is 19.1. The molecule has 1 aromatic heterocycles. The molecule has 168 valence electrons. The van der Waals surface area contributed by atoms with Gasteiger partial charge in [-0.3, -0.25) is 0 Å². The topological polar surface area (TPSA) is 37.2 Å². The fourth-order valence-corrected chi connectivity index (χ4v) is 5.10. The molecule has 2 atom stereocenters. The molecule has 0 radical (unpaired) electrons. The highest BCUT2D eigenvalue weighted by Gasteiger charge is 2.18. The van der Waals surface area contributed by atoms with E-state index < -0.39 is 0 Å². The molecule has 0 fully saturated rings. The van der Waals surface area contributed by atoms with E-state index in [9.17, 15) is 0 Å². The van der Waals surface area contributed by atoms with Crippen molar-refractivity contribution >= 4 is 32.7 Å². The lowest BCUT2D eigenvalue weighted by molar-refractivity contribution is 0.627. The summed E-state index contributed by atoms with van der Waals surface area (Å²) < 4.78 is 6.17. The Morgan fingerprint density at radius 3 is 2.23 bits per heavy atom. The molecule has 3 nitrogen and oxygen atoms in total. The van der Waals surface area contributed by atoms with Crippen molar-refractivity contribution in [1.82, 2.24) is 10.6 Å². The normalized spacial score (nSPS) is 19.1. The lowest BCUT2D eigenvalue weighted by atomic mass is 9.97. The van der Waals surface area contributed by atoms with E-state index in [1.54, 1.807) is 0 Å². The van der Waals surface area contributed by atoms with E-state index in [4.69, 9.17) is 4.42 Å². The second-order valence-corrected chi connectivity index (χ2v) is 9.15. The molecule has 0 bridgehead atoms. The summed E-state index contributed by atoms with van der Waals surface area (Å²) in [7, 11) is 0. The Bertz CT molecular complexity index is 1700. The summed E-state index contributed by atoms with van der Waals surface area (Å²) in [5.41, 5.74) is 6.66. The average molecular weight is 453 g/mol. The molecular weight excluding hydrogens is 428 g/mol. The van der Waals surface area contributed by atoms with E-state index in [-0.39, 0.29) is 12.1 Å². The highest BCUT2D eigenvalue weighted by molar-refractivity contribution is 6.10. The number of furan rings is 1. The number of fused-ring (bicyclic) bond motifs is 4. The Kier molecular flexibility index (Phi) is 4.59. The van der Waals surface area contributed by atoms with Gasteiger partial charge in [0.1, 0.15) is 11.2 Å². The van der Waals surface area contributed by atoms with Gasteiger partial charge < -0.3 is 15.1 Å². The number of allylic oxidation sites excluding steroid dienone is 4. The molecule has 0 aliphatic carbocycles. The van der Waals surface area contributed by atoms with Gasteiger partial charge in [-0.1, -0.05) is 78.9 Å². The molecule has 7 rings (SSSR count). The minimum absolute atomic E-state index is 0.152. The van der Waals surface area contributed by atoms with Crippen LogP contribution < -0.4 is 10.6 Å². The van der Waals surface area contributed by atoms with E-state index in [0.717, 1.165) is 21.9 Å². The Morgan fingerprint density at radius 2 is 1.40 bits per heavy atom. The summed E-state index contributed by atoms with van der Waals surface area (Å²) in [4.78, 5) is 0. The second-order valence-electron chi connectivity index (χ2n) is 9.15. The van der Waals surface area contributed by atoms with Gasteiger partial charge in [0.25, 0.3) is 0 Å². The number of nitrogens with one attached hydrogen (secondary N) is 2. The molecule has 2 aliphatic heterocycles. The van der Waals surface area contributed by atoms with Gasteiger partial charge in [-0.05, 0) is 70.1 Å². The highest BCUT2D eigenvalue weighted by Crippen LogP contribution is 2.35. The fraction of sp³-hybridized carbons (Fsp3) is 0.0625. The third-order valence-electron chi connectivity index (χ3n) is 6.96. The molecule has 35 heavy (non-hydrogen) atoms. The van der Waals surface area contributed by atoms with Gasteiger partial charge in [0, 0.05) is 16.5 Å². The first-order valence-electron chi connectivity index (χ1n) is 12.0. The molecule has 3 heteroatoms. The van der Waals surface area contributed by atoms with Crippen molar-refractivity contribution in [2.24, 2.45) is 0 Å². The summed E-state index contributed by atoms with van der Waals surface area (Å²) in [6.07, 6.45) is 14.7. The molecule has 0 amide bonds. The summed E-state index contributed by atoms with van der Waals surface area (Å²) >= 11 is 0. The lowest BCUT2D eigenvalue weighted by Gasteiger charge is -2.27. The number of rotatable bonds is 3. The van der Waals surface area contributed by atoms with Gasteiger partial charge in [0.2, 0.25) is 0 Å². The van der Waals surface area contributed by atoms with E-state index >= 15 is 0 Å². The number of hydrogen-bond acceptors (Lipinski definition) is 3. The van der Waals surface area contributed by atoms with Crippen LogP contribution in [0.25, 0.3) is 43.8 Å². The van der Waals surface area contributed by atoms with Crippen LogP contribution >= 0.6 is 0 Å². The van der Waals surface area contributed by atoms with Crippen LogP contribution in [-0.4, -0.2) is 6.04 Å². The third-order valence-corrected chi connectivity index (χ3v) is 6.96. The summed E-state index contributed by atoms with van der Waals surface area (Å²) in [5.74, 6) is 0. The van der Waals surface area contributed by atoms with Crippen LogP contribution in [0.4, 0.5) is 0 Å². The molecule has 2 aliphatic rings. The maximum atomic E-state index is 6.17. The van der Waals surface area contributed by atoms with Crippen LogP contribution in [0.2, 0.25) is 0 Å². The largest absolute Gasteiger partial charge is 0.456 e. The van der Waals surface area contributed by atoms with Crippen molar-refractivity contribution in [3.8, 4) is 11.1 Å². The minimum atomic E-state index is 0.152. The van der Waals surface area contributed by atoms with E-state index in [2.05, 4.69) is 120 Å². The van der Waals surface area contributed by atoms with Crippen LogP contribution in [0.3, 0.4) is 0 Å². The van der Waals surface area contributed by atoms with Crippen molar-refractivity contribution in [1.29, 1.82) is 0 Å². The second kappa shape index (κ2) is 8.07. The van der Waals surface area contributed by atoms with Crippen LogP contribution in [0, 0.1) is 0 Å². The van der Waals surface area contributed by atoms with Gasteiger partial charge in [-0.25, -0.2) is 0 Å². The van der Waals surface area contributed by atoms with Gasteiger partial charge in [-0.15, -0.1) is 0 Å². The predicted molar refractivity (Wildman–Crippen MR) is 145 cm³/mol. The standard InChI is InChI=1S/C32H24N2O/c1-2-7-24-20-32-27(18-23(24)6-1)26-19-25(15-16-31(26)35-32)21-11-13-22(14-12-21)28-9-5-10-30(34-28)29-8-3-4-17-33-29/h1-20,28-29,33-34H. The van der Waals surface area contributed by atoms with E-state index in [0.29, 0.717) is 0 Å². The molecule has 2 unspecified atom stereocenters. The molecule has 0 saturated heterocycles. The maximum Gasteiger partial charge on any atom is 0.136 e. The zero-order valence-electron chi connectivity index (χ0n) is 19.1. The Hall–Kier alpha value is -4.50. The first kappa shape index (κ1) is 19.9. The van der Waals surface area contributed by atoms with Gasteiger partial charge >= 0.3 is 0 Å². The fourth-order valence-electron chi connectivity index (χ4n) is 5.10. The zero-order chi connectivity index (χ0) is 23.2. The van der Waals surface area contributed by atoms with E-state index in [1.165, 1.54) is 33.2 Å². The minimum Gasteiger partial charge on any atom is -0.456 e. The molecule has 2 N–H and O–H groups in total. The Balaban J connectivity index is 1.19. The number of dihydropyridines is 2. The summed E-state index contributed by atoms with van der Waals surface area (Å²) in [6, 6.07) is 28.5. The number of hydrogen-bond donors (Lipinski definition) is 2. The smallest absolute Gasteiger partial charge is 0.136 e. The van der Waals surface area contributed by atoms with Crippen molar-refractivity contribution in [2.45, 2.75) is 12.1 Å². The third kappa shape index (κ3) is 3.53. The SMILES string of the molecule is C1=CNC(C2=CC=CC(c3ccc(-c4ccc5oc6cc7ccccc7cc6c5c4)cc3)N2)C=C1. The lowest BCUT2D eigenvalue weighted by Crippen LogP contribution is -2.35. The Morgan fingerprint density at radius 1 is 0.629 bits per heavy atom. The Labute approximate surface area is 203 Å².